The van der Waals surface area contributed by atoms with Gasteiger partial charge in [0.2, 0.25) is 5.91 Å². The normalized spacial score (nSPS) is 31.7. The molecule has 2 atom stereocenters. The number of nitrogens with two attached hydrogens (primary N) is 1. The van der Waals surface area contributed by atoms with Crippen molar-refractivity contribution >= 4 is 11.7 Å². The van der Waals surface area contributed by atoms with E-state index in [0.717, 1.165) is 37.7 Å². The molecule has 162 valence electrons. The van der Waals surface area contributed by atoms with Gasteiger partial charge in [0.25, 0.3) is 0 Å². The lowest BCUT2D eigenvalue weighted by molar-refractivity contribution is -0.144. The number of carbonyl (C=O) groups excluding carboxylic acids is 1. The van der Waals surface area contributed by atoms with E-state index in [2.05, 4.69) is 11.4 Å². The molecule has 5 rings (SSSR count). The maximum Gasteiger partial charge on any atom is 0.223 e. The van der Waals surface area contributed by atoms with Crippen molar-refractivity contribution in [1.29, 1.82) is 10.5 Å². The van der Waals surface area contributed by atoms with Crippen molar-refractivity contribution in [2.75, 3.05) is 0 Å². The first-order valence-corrected chi connectivity index (χ1v) is 10.9. The Labute approximate surface area is 183 Å². The van der Waals surface area contributed by atoms with Gasteiger partial charge in [-0.1, -0.05) is 12.1 Å². The SMILES string of the molecule is CC(C)(OCc1ccc(C#N)cc1)C(=NC1C2CC3CC1CC(C(N)=O)(C3)C2)NC#N. The first-order chi connectivity index (χ1) is 14.8. The molecule has 4 bridgehead atoms. The minimum Gasteiger partial charge on any atom is -0.369 e. The third kappa shape index (κ3) is 4.03. The van der Waals surface area contributed by atoms with Crippen LogP contribution in [0.3, 0.4) is 0 Å². The molecule has 0 radical (unpaired) electrons. The number of amides is 1. The third-order valence-corrected chi connectivity index (χ3v) is 7.45. The number of aliphatic imine (C=N–C) groups is 1. The van der Waals surface area contributed by atoms with Gasteiger partial charge in [0.15, 0.2) is 6.19 Å². The molecule has 1 aromatic carbocycles. The predicted octanol–water partition coefficient (Wildman–Crippen LogP) is 3.00. The Hall–Kier alpha value is -2.90. The fraction of sp³-hybridized carbons (Fsp3) is 0.583. The van der Waals surface area contributed by atoms with Gasteiger partial charge in [-0.15, -0.1) is 0 Å². The van der Waals surface area contributed by atoms with Crippen molar-refractivity contribution in [3.8, 4) is 12.3 Å². The third-order valence-electron chi connectivity index (χ3n) is 7.45. The van der Waals surface area contributed by atoms with Crippen LogP contribution in [-0.4, -0.2) is 23.4 Å². The van der Waals surface area contributed by atoms with Crippen molar-refractivity contribution in [3.63, 3.8) is 0 Å². The zero-order valence-corrected chi connectivity index (χ0v) is 18.1. The molecule has 4 aliphatic carbocycles. The van der Waals surface area contributed by atoms with E-state index in [1.807, 2.05) is 32.2 Å². The van der Waals surface area contributed by atoms with E-state index in [0.29, 0.717) is 35.8 Å². The number of amidine groups is 1. The second-order valence-corrected chi connectivity index (χ2v) is 9.93. The summed E-state index contributed by atoms with van der Waals surface area (Å²) in [4.78, 5) is 17.2. The number of ether oxygens (including phenoxy) is 1. The van der Waals surface area contributed by atoms with Crippen LogP contribution in [0, 0.1) is 46.0 Å². The maximum absolute atomic E-state index is 12.2. The van der Waals surface area contributed by atoms with Gasteiger partial charge in [0.05, 0.1) is 24.3 Å². The first-order valence-electron chi connectivity index (χ1n) is 10.9. The number of nitriles is 2. The Morgan fingerprint density at radius 3 is 2.42 bits per heavy atom. The zero-order valence-electron chi connectivity index (χ0n) is 18.1. The summed E-state index contributed by atoms with van der Waals surface area (Å²) in [5, 5.41) is 21.1. The van der Waals surface area contributed by atoms with Crippen LogP contribution < -0.4 is 11.1 Å². The number of primary amides is 1. The fourth-order valence-electron chi connectivity index (χ4n) is 6.06. The number of rotatable bonds is 6. The van der Waals surface area contributed by atoms with Gasteiger partial charge in [0, 0.05) is 5.41 Å². The molecule has 0 heterocycles. The maximum atomic E-state index is 12.2. The monoisotopic (exact) mass is 419 g/mol. The Bertz CT molecular complexity index is 953. The molecule has 4 aliphatic rings. The first kappa shape index (κ1) is 21.3. The molecule has 3 N–H and O–H groups in total. The minimum atomic E-state index is -0.792. The summed E-state index contributed by atoms with van der Waals surface area (Å²) in [7, 11) is 0. The fourth-order valence-corrected chi connectivity index (χ4v) is 6.06. The number of hydrogen-bond acceptors (Lipinski definition) is 5. The summed E-state index contributed by atoms with van der Waals surface area (Å²) < 4.78 is 6.15. The lowest BCUT2D eigenvalue weighted by atomic mass is 9.48. The summed E-state index contributed by atoms with van der Waals surface area (Å²) >= 11 is 0. The Morgan fingerprint density at radius 2 is 1.87 bits per heavy atom. The number of hydrogen-bond donors (Lipinski definition) is 2. The van der Waals surface area contributed by atoms with Gasteiger partial charge in [-0.05, 0) is 81.4 Å². The number of carbonyl (C=O) groups is 1. The highest BCUT2D eigenvalue weighted by atomic mass is 16.5. The molecule has 0 aliphatic heterocycles. The Kier molecular flexibility index (Phi) is 5.49. The molecular weight excluding hydrogens is 390 g/mol. The van der Waals surface area contributed by atoms with Crippen molar-refractivity contribution in [2.45, 2.75) is 64.2 Å². The van der Waals surface area contributed by atoms with Crippen LogP contribution in [0.1, 0.15) is 57.1 Å². The van der Waals surface area contributed by atoms with Gasteiger partial charge in [-0.25, -0.2) is 0 Å². The van der Waals surface area contributed by atoms with Crippen LogP contribution >= 0.6 is 0 Å². The van der Waals surface area contributed by atoms with E-state index in [4.69, 9.17) is 20.7 Å². The highest BCUT2D eigenvalue weighted by Crippen LogP contribution is 2.60. The van der Waals surface area contributed by atoms with Crippen LogP contribution in [0.2, 0.25) is 0 Å². The Balaban J connectivity index is 1.52. The molecule has 1 amide bonds. The van der Waals surface area contributed by atoms with Gasteiger partial charge in [-0.3, -0.25) is 15.1 Å². The quantitative estimate of drug-likeness (QED) is 0.317. The van der Waals surface area contributed by atoms with E-state index >= 15 is 0 Å². The molecule has 31 heavy (non-hydrogen) atoms. The standard InChI is InChI=1S/C24H29N5O2/c1-23(2,31-13-16-5-3-15(12-25)4-6-16)22(28-14-26)29-20-18-7-17-8-19(20)11-24(9-17,10-18)21(27)30/h3-6,17-20H,7-11,13H2,1-2H3,(H2,27,30)(H,28,29). The topological polar surface area (TPSA) is 124 Å². The molecule has 7 nitrogen and oxygen atoms in total. The molecule has 0 spiro atoms. The van der Waals surface area contributed by atoms with Crippen LogP contribution in [0.4, 0.5) is 0 Å². The van der Waals surface area contributed by atoms with E-state index in [9.17, 15) is 10.1 Å². The molecule has 0 saturated heterocycles. The van der Waals surface area contributed by atoms with Crippen LogP contribution in [0.5, 0.6) is 0 Å². The number of benzene rings is 1. The summed E-state index contributed by atoms with van der Waals surface area (Å²) in [5.74, 6) is 1.57. The van der Waals surface area contributed by atoms with Crippen LogP contribution in [0.15, 0.2) is 29.3 Å². The largest absolute Gasteiger partial charge is 0.369 e. The summed E-state index contributed by atoms with van der Waals surface area (Å²) in [6.45, 7) is 4.15. The van der Waals surface area contributed by atoms with E-state index < -0.39 is 5.60 Å². The van der Waals surface area contributed by atoms with Crippen molar-refractivity contribution in [1.82, 2.24) is 5.32 Å². The lowest BCUT2D eigenvalue weighted by Crippen LogP contribution is -2.58. The average molecular weight is 420 g/mol. The highest BCUT2D eigenvalue weighted by molar-refractivity contribution is 5.91. The minimum absolute atomic E-state index is 0.0812. The predicted molar refractivity (Wildman–Crippen MR) is 115 cm³/mol. The van der Waals surface area contributed by atoms with Crippen LogP contribution in [0.25, 0.3) is 0 Å². The zero-order chi connectivity index (χ0) is 22.2. The molecule has 4 saturated carbocycles. The smallest absolute Gasteiger partial charge is 0.223 e. The molecule has 4 fully saturated rings. The van der Waals surface area contributed by atoms with Crippen LogP contribution in [-0.2, 0) is 16.1 Å². The highest BCUT2D eigenvalue weighted by Gasteiger charge is 2.58. The van der Waals surface area contributed by atoms with Gasteiger partial charge in [0.1, 0.15) is 11.4 Å². The second-order valence-electron chi connectivity index (χ2n) is 9.93. The van der Waals surface area contributed by atoms with Crippen molar-refractivity contribution in [2.24, 2.45) is 33.9 Å². The van der Waals surface area contributed by atoms with Gasteiger partial charge in [-0.2, -0.15) is 10.5 Å². The van der Waals surface area contributed by atoms with Crippen molar-refractivity contribution in [3.05, 3.63) is 35.4 Å². The number of nitrogens with one attached hydrogen (secondary N) is 1. The lowest BCUT2D eigenvalue weighted by Gasteiger charge is -2.57. The molecule has 0 aromatic heterocycles. The average Bonchev–Trinajstić information content (AvgIpc) is 2.74. The second kappa shape index (κ2) is 7.98. The van der Waals surface area contributed by atoms with Gasteiger partial charge >= 0.3 is 0 Å². The Morgan fingerprint density at radius 1 is 1.23 bits per heavy atom. The van der Waals surface area contributed by atoms with Gasteiger partial charge < -0.3 is 10.5 Å². The molecular formula is C24H29N5O2. The van der Waals surface area contributed by atoms with Crippen molar-refractivity contribution < 1.29 is 9.53 Å². The molecule has 2 unspecified atom stereocenters. The van der Waals surface area contributed by atoms with E-state index in [1.165, 1.54) is 0 Å². The molecule has 1 aromatic rings. The van der Waals surface area contributed by atoms with E-state index in [1.54, 1.807) is 12.1 Å². The molecule has 7 heteroatoms. The summed E-state index contributed by atoms with van der Waals surface area (Å²) in [6.07, 6.45) is 6.69. The van der Waals surface area contributed by atoms with E-state index in [-0.39, 0.29) is 17.4 Å². The number of nitrogens with zero attached hydrogens (tertiary/aromatic N) is 3. The summed E-state index contributed by atoms with van der Waals surface area (Å²) in [5.41, 5.74) is 6.20. The summed E-state index contributed by atoms with van der Waals surface area (Å²) in [6, 6.07) is 9.44.